The molecule has 2 heterocycles. The highest BCUT2D eigenvalue weighted by atomic mass is 32.2. The molecule has 9 heteroatoms. The highest BCUT2D eigenvalue weighted by molar-refractivity contribution is 7.84. The van der Waals surface area contributed by atoms with Crippen LogP contribution in [-0.4, -0.2) is 50.0 Å². The number of nitrogens with one attached hydrogen (secondary N) is 2. The van der Waals surface area contributed by atoms with E-state index in [1.807, 2.05) is 67.5 Å². The summed E-state index contributed by atoms with van der Waals surface area (Å²) in [7, 11) is -1.21. The van der Waals surface area contributed by atoms with Gasteiger partial charge in [-0.15, -0.1) is 5.10 Å². The highest BCUT2D eigenvalue weighted by Crippen LogP contribution is 2.36. The first-order chi connectivity index (χ1) is 16.2. The monoisotopic (exact) mass is 507 g/mol. The molecule has 1 aromatic rings. The van der Waals surface area contributed by atoms with Gasteiger partial charge in [0.15, 0.2) is 5.82 Å². The lowest BCUT2D eigenvalue weighted by Crippen LogP contribution is -2.53. The van der Waals surface area contributed by atoms with E-state index in [2.05, 4.69) is 25.1 Å². The van der Waals surface area contributed by atoms with Crippen LogP contribution in [0.25, 0.3) is 0 Å². The molecule has 3 rings (SSSR count). The largest absolute Gasteiger partial charge is 0.444 e. The van der Waals surface area contributed by atoms with Crippen LogP contribution >= 0.6 is 0 Å². The highest BCUT2D eigenvalue weighted by Gasteiger charge is 2.38. The molecular formula is C26H45N5O3S. The number of carbonyl (C=O) groups is 1. The number of hydrogen-bond donors (Lipinski definition) is 2. The van der Waals surface area contributed by atoms with Crippen LogP contribution in [0.5, 0.6) is 0 Å². The minimum Gasteiger partial charge on any atom is -0.444 e. The van der Waals surface area contributed by atoms with E-state index in [0.717, 1.165) is 50.3 Å². The van der Waals surface area contributed by atoms with Crippen molar-refractivity contribution in [2.45, 2.75) is 109 Å². The summed E-state index contributed by atoms with van der Waals surface area (Å²) < 4.78 is 21.0. The van der Waals surface area contributed by atoms with E-state index in [9.17, 15) is 9.00 Å². The molecule has 0 spiro atoms. The van der Waals surface area contributed by atoms with Crippen molar-refractivity contribution in [2.75, 3.05) is 18.0 Å². The fourth-order valence-corrected chi connectivity index (χ4v) is 5.51. The zero-order chi connectivity index (χ0) is 26.0. The predicted octanol–water partition coefficient (Wildman–Crippen LogP) is 4.67. The standard InChI is InChI=1S/C26H45N5O3S/c1-24(2,3)34-23(32)27-22(18-11-9-12-18)19-13-10-16-31(17-19)21-15-14-20(28-29-21)26(7,8)30-35(33)25(4,5)6/h14-15,18-19,22,30H,9-13,16-17H2,1-8H3,(H,27,32)/t19-,22?,35?/m1/s1. The SMILES string of the molecule is CC(C)(C)OC(=O)NC(C1CCC1)[C@@H]1CCCN(c2ccc(C(C)(C)NS(=O)C(C)(C)C)nn2)C1. The van der Waals surface area contributed by atoms with Crippen molar-refractivity contribution in [1.29, 1.82) is 0 Å². The van der Waals surface area contributed by atoms with Crippen LogP contribution in [0.4, 0.5) is 10.6 Å². The molecule has 0 bridgehead atoms. The molecular weight excluding hydrogens is 462 g/mol. The summed E-state index contributed by atoms with van der Waals surface area (Å²) in [5.74, 6) is 1.70. The zero-order valence-corrected chi connectivity index (χ0v) is 23.6. The third-order valence-electron chi connectivity index (χ3n) is 6.83. The molecule has 1 aliphatic carbocycles. The molecule has 2 fully saturated rings. The van der Waals surface area contributed by atoms with Crippen LogP contribution in [0.15, 0.2) is 12.1 Å². The topological polar surface area (TPSA) is 96.5 Å². The molecule has 2 unspecified atom stereocenters. The Labute approximate surface area is 214 Å². The molecule has 0 radical (unpaired) electrons. The van der Waals surface area contributed by atoms with E-state index in [0.29, 0.717) is 11.8 Å². The predicted molar refractivity (Wildman–Crippen MR) is 142 cm³/mol. The van der Waals surface area contributed by atoms with Gasteiger partial charge >= 0.3 is 6.09 Å². The van der Waals surface area contributed by atoms with E-state index in [1.165, 1.54) is 6.42 Å². The molecule has 0 aromatic carbocycles. The van der Waals surface area contributed by atoms with Gasteiger partial charge in [0.1, 0.15) is 5.60 Å². The van der Waals surface area contributed by atoms with Gasteiger partial charge in [-0.05, 0) is 105 Å². The zero-order valence-electron chi connectivity index (χ0n) is 22.8. The Morgan fingerprint density at radius 2 is 1.69 bits per heavy atom. The molecule has 1 saturated heterocycles. The van der Waals surface area contributed by atoms with E-state index >= 15 is 0 Å². The Bertz CT molecular complexity index is 888. The molecule has 1 aromatic heterocycles. The van der Waals surface area contributed by atoms with Crippen molar-refractivity contribution in [3.8, 4) is 0 Å². The third-order valence-corrected chi connectivity index (χ3v) is 8.63. The second kappa shape index (κ2) is 10.7. The van der Waals surface area contributed by atoms with E-state index < -0.39 is 22.1 Å². The number of anilines is 1. The summed E-state index contributed by atoms with van der Waals surface area (Å²) in [6, 6.07) is 4.10. The van der Waals surface area contributed by atoms with Gasteiger partial charge in [-0.3, -0.25) is 0 Å². The summed E-state index contributed by atoms with van der Waals surface area (Å²) in [4.78, 5) is 14.9. The summed E-state index contributed by atoms with van der Waals surface area (Å²) in [5.41, 5.74) is -0.320. The number of hydrogen-bond acceptors (Lipinski definition) is 6. The smallest absolute Gasteiger partial charge is 0.407 e. The van der Waals surface area contributed by atoms with Gasteiger partial charge in [0, 0.05) is 19.1 Å². The second-order valence-electron chi connectivity index (χ2n) is 12.6. The van der Waals surface area contributed by atoms with Gasteiger partial charge in [-0.2, -0.15) is 5.10 Å². The molecule has 2 N–H and O–H groups in total. The maximum absolute atomic E-state index is 12.6. The molecule has 1 aliphatic heterocycles. The summed E-state index contributed by atoms with van der Waals surface area (Å²) >= 11 is 0. The van der Waals surface area contributed by atoms with Crippen LogP contribution in [0.2, 0.25) is 0 Å². The number of carbonyl (C=O) groups excluding carboxylic acids is 1. The number of aromatic nitrogens is 2. The van der Waals surface area contributed by atoms with Crippen LogP contribution in [0.3, 0.4) is 0 Å². The minimum absolute atomic E-state index is 0.115. The van der Waals surface area contributed by atoms with E-state index in [4.69, 9.17) is 4.74 Å². The number of piperidine rings is 1. The lowest BCUT2D eigenvalue weighted by Gasteiger charge is -2.43. The Hall–Kier alpha value is -1.74. The first-order valence-electron chi connectivity index (χ1n) is 12.9. The average molecular weight is 508 g/mol. The fraction of sp³-hybridized carbons (Fsp3) is 0.808. The van der Waals surface area contributed by atoms with Crippen molar-refractivity contribution >= 4 is 22.9 Å². The van der Waals surface area contributed by atoms with Crippen molar-refractivity contribution in [1.82, 2.24) is 20.2 Å². The van der Waals surface area contributed by atoms with Crippen LogP contribution in [0, 0.1) is 11.8 Å². The number of ether oxygens (including phenoxy) is 1. The Kier molecular flexibility index (Phi) is 8.52. The molecule has 35 heavy (non-hydrogen) atoms. The Morgan fingerprint density at radius 1 is 1.03 bits per heavy atom. The van der Waals surface area contributed by atoms with Crippen LogP contribution < -0.4 is 14.9 Å². The van der Waals surface area contributed by atoms with Crippen LogP contribution in [-0.2, 0) is 21.3 Å². The van der Waals surface area contributed by atoms with E-state index in [-0.39, 0.29) is 16.9 Å². The molecule has 1 amide bonds. The van der Waals surface area contributed by atoms with Crippen molar-refractivity contribution in [3.05, 3.63) is 17.8 Å². The van der Waals surface area contributed by atoms with Crippen molar-refractivity contribution in [3.63, 3.8) is 0 Å². The molecule has 198 valence electrons. The first kappa shape index (κ1) is 27.8. The van der Waals surface area contributed by atoms with Crippen molar-refractivity contribution in [2.24, 2.45) is 11.8 Å². The quantitative estimate of drug-likeness (QED) is 0.557. The molecule has 8 nitrogen and oxygen atoms in total. The number of amides is 1. The number of rotatable bonds is 7. The summed E-state index contributed by atoms with van der Waals surface area (Å²) in [6.07, 6.45) is 5.34. The van der Waals surface area contributed by atoms with Gasteiger partial charge in [0.05, 0.1) is 27.0 Å². The maximum Gasteiger partial charge on any atom is 0.407 e. The number of alkyl carbamates (subject to hydrolysis) is 1. The number of nitrogens with zero attached hydrogens (tertiary/aromatic N) is 3. The summed E-state index contributed by atoms with van der Waals surface area (Å²) in [5, 5.41) is 12.3. The molecule has 1 saturated carbocycles. The van der Waals surface area contributed by atoms with Gasteiger partial charge < -0.3 is 15.0 Å². The van der Waals surface area contributed by atoms with E-state index in [1.54, 1.807) is 0 Å². The third kappa shape index (κ3) is 7.62. The lowest BCUT2D eigenvalue weighted by atomic mass is 9.73. The lowest BCUT2D eigenvalue weighted by molar-refractivity contribution is 0.0418. The van der Waals surface area contributed by atoms with Gasteiger partial charge in [-0.1, -0.05) is 6.42 Å². The first-order valence-corrected chi connectivity index (χ1v) is 14.1. The maximum atomic E-state index is 12.6. The van der Waals surface area contributed by atoms with Crippen molar-refractivity contribution < 1.29 is 13.7 Å². The Balaban J connectivity index is 1.68. The van der Waals surface area contributed by atoms with Gasteiger partial charge in [0.2, 0.25) is 0 Å². The van der Waals surface area contributed by atoms with Gasteiger partial charge in [0.25, 0.3) is 0 Å². The summed E-state index contributed by atoms with van der Waals surface area (Å²) in [6.45, 7) is 17.2. The molecule has 2 aliphatic rings. The average Bonchev–Trinajstić information content (AvgIpc) is 2.70. The minimum atomic E-state index is -1.21. The normalized spacial score (nSPS) is 21.7. The fourth-order valence-electron chi connectivity index (χ4n) is 4.64. The second-order valence-corrected chi connectivity index (χ2v) is 14.6. The molecule has 3 atom stereocenters. The van der Waals surface area contributed by atoms with Crippen LogP contribution in [0.1, 0.15) is 93.2 Å². The van der Waals surface area contributed by atoms with Gasteiger partial charge in [-0.25, -0.2) is 13.7 Å². The Morgan fingerprint density at radius 3 is 2.20 bits per heavy atom.